The van der Waals surface area contributed by atoms with Gasteiger partial charge in [0.15, 0.2) is 17.6 Å². The average Bonchev–Trinajstić information content (AvgIpc) is 3.33. The summed E-state index contributed by atoms with van der Waals surface area (Å²) in [4.78, 5) is 23.0. The molecule has 0 aliphatic rings. The molecule has 0 radical (unpaired) electrons. The zero-order valence-electron chi connectivity index (χ0n) is 19.4. The Morgan fingerprint density at radius 2 is 1.78 bits per heavy atom. The molecule has 1 amide bonds. The number of carbonyl (C=O) groups excluding carboxylic acids is 1. The van der Waals surface area contributed by atoms with E-state index in [0.717, 1.165) is 11.3 Å². The number of para-hydroxylation sites is 1. The van der Waals surface area contributed by atoms with Crippen molar-refractivity contribution in [2.45, 2.75) is 17.5 Å². The molecule has 0 aliphatic heterocycles. The van der Waals surface area contributed by atoms with Crippen LogP contribution >= 0.6 is 11.8 Å². The van der Waals surface area contributed by atoms with Crippen molar-refractivity contribution in [3.63, 3.8) is 0 Å². The van der Waals surface area contributed by atoms with Crippen LogP contribution < -0.4 is 14.8 Å². The first kappa shape index (κ1) is 24.7. The number of hydrogen-bond acceptors (Lipinski definition) is 8. The fourth-order valence-corrected chi connectivity index (χ4v) is 4.21. The molecule has 3 aromatic carbocycles. The molecule has 0 saturated carbocycles. The Bertz CT molecular complexity index is 1330. The number of methoxy groups -OCH3 is 1. The number of aromatic nitrogens is 3. The molecule has 4 aromatic rings. The molecule has 1 heterocycles. The molecule has 0 saturated heterocycles. The molecule has 0 atom stereocenters. The van der Waals surface area contributed by atoms with Crippen LogP contribution in [-0.2, 0) is 17.1 Å². The predicted molar refractivity (Wildman–Crippen MR) is 134 cm³/mol. The van der Waals surface area contributed by atoms with Crippen LogP contribution in [-0.4, -0.2) is 39.3 Å². The Morgan fingerprint density at radius 3 is 2.50 bits per heavy atom. The molecular weight excluding hydrogens is 482 g/mol. The van der Waals surface area contributed by atoms with E-state index < -0.39 is 4.92 Å². The van der Waals surface area contributed by atoms with Crippen molar-refractivity contribution < 1.29 is 19.2 Å². The highest BCUT2D eigenvalue weighted by Crippen LogP contribution is 2.27. The lowest BCUT2D eigenvalue weighted by molar-refractivity contribution is -0.384. The lowest BCUT2D eigenvalue weighted by Crippen LogP contribution is -2.29. The van der Waals surface area contributed by atoms with Gasteiger partial charge in [0, 0.05) is 23.6 Å². The van der Waals surface area contributed by atoms with Crippen LogP contribution in [0.2, 0.25) is 0 Å². The minimum absolute atomic E-state index is 0.0229. The van der Waals surface area contributed by atoms with E-state index in [-0.39, 0.29) is 24.7 Å². The number of nitro benzene ring substituents is 1. The minimum atomic E-state index is -0.456. The molecule has 11 heteroatoms. The van der Waals surface area contributed by atoms with Gasteiger partial charge in [-0.3, -0.25) is 19.5 Å². The van der Waals surface area contributed by atoms with E-state index in [1.807, 2.05) is 42.5 Å². The molecule has 1 N–H and O–H groups in total. The molecule has 0 unspecified atom stereocenters. The van der Waals surface area contributed by atoms with Crippen molar-refractivity contribution in [1.29, 1.82) is 0 Å². The number of rotatable bonds is 11. The number of non-ortho nitro benzene ring substituents is 1. The Hall–Kier alpha value is -4.38. The third kappa shape index (κ3) is 6.39. The average molecular weight is 506 g/mol. The van der Waals surface area contributed by atoms with Crippen molar-refractivity contribution in [3.05, 3.63) is 100 Å². The molecule has 4 rings (SSSR count). The normalized spacial score (nSPS) is 10.6. The van der Waals surface area contributed by atoms with Crippen LogP contribution in [0.15, 0.2) is 84.0 Å². The Balaban J connectivity index is 1.50. The summed E-state index contributed by atoms with van der Waals surface area (Å²) >= 11 is 1.45. The van der Waals surface area contributed by atoms with Gasteiger partial charge in [-0.2, -0.15) is 0 Å². The van der Waals surface area contributed by atoms with Gasteiger partial charge < -0.3 is 14.8 Å². The molecule has 36 heavy (non-hydrogen) atoms. The summed E-state index contributed by atoms with van der Waals surface area (Å²) < 4.78 is 12.5. The molecule has 1 aromatic heterocycles. The third-order valence-corrected chi connectivity index (χ3v) is 6.08. The maximum atomic E-state index is 12.3. The van der Waals surface area contributed by atoms with E-state index in [4.69, 9.17) is 9.47 Å². The molecule has 0 fully saturated rings. The van der Waals surface area contributed by atoms with Crippen LogP contribution in [0.5, 0.6) is 11.5 Å². The maximum absolute atomic E-state index is 12.3. The van der Waals surface area contributed by atoms with Gasteiger partial charge in [0.05, 0.1) is 18.6 Å². The molecule has 0 aliphatic carbocycles. The summed E-state index contributed by atoms with van der Waals surface area (Å²) in [6, 6.07) is 22.8. The topological polar surface area (TPSA) is 121 Å². The van der Waals surface area contributed by atoms with E-state index in [1.54, 1.807) is 35.9 Å². The number of benzene rings is 3. The van der Waals surface area contributed by atoms with E-state index in [9.17, 15) is 14.9 Å². The molecule has 0 spiro atoms. The monoisotopic (exact) mass is 505 g/mol. The summed E-state index contributed by atoms with van der Waals surface area (Å²) in [6.45, 7) is -0.0478. The van der Waals surface area contributed by atoms with E-state index >= 15 is 0 Å². The first-order chi connectivity index (χ1) is 17.5. The zero-order chi connectivity index (χ0) is 25.3. The van der Waals surface area contributed by atoms with Gasteiger partial charge in [-0.1, -0.05) is 42.1 Å². The van der Waals surface area contributed by atoms with E-state index in [0.29, 0.717) is 28.2 Å². The first-order valence-electron chi connectivity index (χ1n) is 10.9. The van der Waals surface area contributed by atoms with Crippen LogP contribution in [0.4, 0.5) is 5.69 Å². The van der Waals surface area contributed by atoms with Crippen molar-refractivity contribution in [2.75, 3.05) is 13.7 Å². The molecule has 10 nitrogen and oxygen atoms in total. The minimum Gasteiger partial charge on any atom is -0.497 e. The lowest BCUT2D eigenvalue weighted by atomic mass is 10.2. The van der Waals surface area contributed by atoms with Crippen molar-refractivity contribution in [3.8, 4) is 17.2 Å². The summed E-state index contributed by atoms with van der Waals surface area (Å²) in [5.74, 6) is 2.11. The number of thioether (sulfide) groups is 1. The number of nitrogens with one attached hydrogen (secondary N) is 1. The van der Waals surface area contributed by atoms with Crippen LogP contribution in [0, 0.1) is 10.1 Å². The van der Waals surface area contributed by atoms with Crippen LogP contribution in [0.25, 0.3) is 5.69 Å². The number of ether oxygens (including phenoxy) is 2. The highest BCUT2D eigenvalue weighted by Gasteiger charge is 2.17. The van der Waals surface area contributed by atoms with Crippen LogP contribution in [0.3, 0.4) is 0 Å². The number of amides is 1. The fourth-order valence-electron chi connectivity index (χ4n) is 3.30. The SMILES string of the molecule is COc1cccc(CSc2nnc(CNC(=O)COc3ccccc3)n2-c2ccc([N+](=O)[O-])cc2)c1. The van der Waals surface area contributed by atoms with Crippen LogP contribution in [0.1, 0.15) is 11.4 Å². The van der Waals surface area contributed by atoms with Gasteiger partial charge >= 0.3 is 0 Å². The van der Waals surface area contributed by atoms with Gasteiger partial charge in [0.1, 0.15) is 11.5 Å². The Kier molecular flexibility index (Phi) is 8.14. The lowest BCUT2D eigenvalue weighted by Gasteiger charge is -2.11. The summed E-state index contributed by atoms with van der Waals surface area (Å²) in [7, 11) is 1.61. The quantitative estimate of drug-likeness (QED) is 0.183. The highest BCUT2D eigenvalue weighted by atomic mass is 32.2. The second-order valence-electron chi connectivity index (χ2n) is 7.53. The summed E-state index contributed by atoms with van der Waals surface area (Å²) in [5, 5.41) is 23.0. The number of carbonyl (C=O) groups is 1. The van der Waals surface area contributed by atoms with Crippen molar-refractivity contribution in [1.82, 2.24) is 20.1 Å². The number of nitrogens with zero attached hydrogens (tertiary/aromatic N) is 4. The molecular formula is C25H23N5O5S. The van der Waals surface area contributed by atoms with Gasteiger partial charge in [-0.25, -0.2) is 0 Å². The Labute approximate surface area is 211 Å². The highest BCUT2D eigenvalue weighted by molar-refractivity contribution is 7.98. The largest absolute Gasteiger partial charge is 0.497 e. The fraction of sp³-hybridized carbons (Fsp3) is 0.160. The standard InChI is InChI=1S/C25H23N5O5S/c1-34-22-9-5-6-18(14-22)17-36-25-28-27-23(29(25)19-10-12-20(13-11-19)30(32)33)15-26-24(31)16-35-21-7-3-2-4-8-21/h2-14H,15-17H2,1H3,(H,26,31). The van der Waals surface area contributed by atoms with Crippen molar-refractivity contribution >= 4 is 23.4 Å². The van der Waals surface area contributed by atoms with Gasteiger partial charge in [0.2, 0.25) is 0 Å². The second kappa shape index (κ2) is 11.8. The first-order valence-corrected chi connectivity index (χ1v) is 11.9. The molecule has 0 bridgehead atoms. The smallest absolute Gasteiger partial charge is 0.269 e. The summed E-state index contributed by atoms with van der Waals surface area (Å²) in [6.07, 6.45) is 0. The van der Waals surface area contributed by atoms with Gasteiger partial charge in [-0.05, 0) is 42.0 Å². The van der Waals surface area contributed by atoms with Gasteiger partial charge in [0.25, 0.3) is 11.6 Å². The molecule has 184 valence electrons. The summed E-state index contributed by atoms with van der Waals surface area (Å²) in [5.41, 5.74) is 1.65. The zero-order valence-corrected chi connectivity index (χ0v) is 20.2. The van der Waals surface area contributed by atoms with Crippen molar-refractivity contribution in [2.24, 2.45) is 0 Å². The van der Waals surface area contributed by atoms with Gasteiger partial charge in [-0.15, -0.1) is 10.2 Å². The van der Waals surface area contributed by atoms with E-state index in [2.05, 4.69) is 15.5 Å². The third-order valence-electron chi connectivity index (χ3n) is 5.08. The second-order valence-corrected chi connectivity index (χ2v) is 8.47. The Morgan fingerprint density at radius 1 is 1.03 bits per heavy atom. The predicted octanol–water partition coefficient (Wildman–Crippen LogP) is 4.17. The van der Waals surface area contributed by atoms with E-state index in [1.165, 1.54) is 23.9 Å². The maximum Gasteiger partial charge on any atom is 0.269 e. The number of hydrogen-bond donors (Lipinski definition) is 1. The number of nitro groups is 1.